The molecule has 2 rings (SSSR count). The maximum absolute atomic E-state index is 5.76. The molecule has 1 aliphatic rings. The molecule has 0 aromatic heterocycles. The van der Waals surface area contributed by atoms with Crippen LogP contribution in [0.3, 0.4) is 0 Å². The molecule has 5 heteroatoms. The van der Waals surface area contributed by atoms with Gasteiger partial charge in [-0.2, -0.15) is 0 Å². The molecule has 1 aliphatic heterocycles. The molecule has 0 N–H and O–H groups in total. The smallest absolute Gasteiger partial charge is 0.497 e. The van der Waals surface area contributed by atoms with Crippen molar-refractivity contribution in [1.82, 2.24) is 0 Å². The van der Waals surface area contributed by atoms with E-state index < -0.39 is 7.32 Å². The van der Waals surface area contributed by atoms with E-state index in [0.717, 1.165) is 11.3 Å². The van der Waals surface area contributed by atoms with Gasteiger partial charge in [-0.05, 0) is 45.4 Å². The van der Waals surface area contributed by atoms with Crippen molar-refractivity contribution < 1.29 is 18.7 Å². The first-order valence-electron chi connectivity index (χ1n) is 6.44. The molecule has 4 nitrogen and oxygen atoms in total. The Morgan fingerprint density at radius 1 is 1.00 bits per heavy atom. The topological polar surface area (TPSA) is 36.9 Å². The number of ether oxygens (including phenoxy) is 1. The Balaban J connectivity index is 1.90. The summed E-state index contributed by atoms with van der Waals surface area (Å²) in [5.74, 6) is 0.833. The fourth-order valence-corrected chi connectivity index (χ4v) is 1.74. The average molecular weight is 264 g/mol. The summed E-state index contributed by atoms with van der Waals surface area (Å²) in [5.41, 5.74) is 0.324. The third-order valence-electron chi connectivity index (χ3n) is 3.78. The van der Waals surface area contributed by atoms with Crippen LogP contribution in [0.25, 0.3) is 0 Å². The molecular formula is C14H21BO4. The number of hydrogen-bond acceptors (Lipinski definition) is 4. The summed E-state index contributed by atoms with van der Waals surface area (Å²) in [5, 5.41) is 0. The van der Waals surface area contributed by atoms with Crippen molar-refractivity contribution in [3.63, 3.8) is 0 Å². The van der Waals surface area contributed by atoms with E-state index in [1.165, 1.54) is 0 Å². The van der Waals surface area contributed by atoms with E-state index in [9.17, 15) is 0 Å². The summed E-state index contributed by atoms with van der Waals surface area (Å²) in [4.78, 5) is 0. The van der Waals surface area contributed by atoms with Crippen LogP contribution in [0, 0.1) is 0 Å². The molecule has 0 spiro atoms. The summed E-state index contributed by atoms with van der Waals surface area (Å²) in [7, 11) is 1.03. The Hall–Kier alpha value is -1.04. The molecule has 1 heterocycles. The third kappa shape index (κ3) is 3.11. The second kappa shape index (κ2) is 5.15. The predicted molar refractivity (Wildman–Crippen MR) is 73.9 cm³/mol. The van der Waals surface area contributed by atoms with Crippen molar-refractivity contribution in [1.29, 1.82) is 0 Å². The maximum Gasteiger partial charge on any atom is 0.640 e. The van der Waals surface area contributed by atoms with Gasteiger partial charge in [0.25, 0.3) is 0 Å². The van der Waals surface area contributed by atoms with Crippen molar-refractivity contribution in [3.8, 4) is 5.75 Å². The van der Waals surface area contributed by atoms with E-state index >= 15 is 0 Å². The highest BCUT2D eigenvalue weighted by atomic mass is 16.8. The minimum atomic E-state index is -0.618. The summed E-state index contributed by atoms with van der Waals surface area (Å²) in [6, 6.07) is 7.74. The van der Waals surface area contributed by atoms with E-state index in [0.29, 0.717) is 6.61 Å². The summed E-state index contributed by atoms with van der Waals surface area (Å²) in [6.45, 7) is 8.46. The number of benzene rings is 1. The number of rotatable bonds is 4. The zero-order valence-electron chi connectivity index (χ0n) is 12.2. The van der Waals surface area contributed by atoms with Gasteiger partial charge < -0.3 is 18.7 Å². The molecule has 1 fully saturated rings. The van der Waals surface area contributed by atoms with Gasteiger partial charge in [0.2, 0.25) is 0 Å². The van der Waals surface area contributed by atoms with Crippen LogP contribution in [0.2, 0.25) is 0 Å². The zero-order chi connectivity index (χ0) is 14.1. The van der Waals surface area contributed by atoms with Gasteiger partial charge in [-0.1, -0.05) is 12.1 Å². The van der Waals surface area contributed by atoms with Crippen LogP contribution in [0.15, 0.2) is 24.3 Å². The largest absolute Gasteiger partial charge is 0.640 e. The van der Waals surface area contributed by atoms with Crippen molar-refractivity contribution in [2.45, 2.75) is 45.5 Å². The fourth-order valence-electron chi connectivity index (χ4n) is 1.74. The standard InChI is InChI=1S/C14H21BO4/c1-13(2)14(3,4)19-15(18-13)17-10-11-6-8-12(16-5)9-7-11/h6-9H,10H2,1-5H3. The van der Waals surface area contributed by atoms with Gasteiger partial charge in [0.15, 0.2) is 0 Å². The molecule has 0 unspecified atom stereocenters. The SMILES string of the molecule is COc1ccc(COB2OC(C)(C)C(C)(C)O2)cc1. The Morgan fingerprint density at radius 2 is 1.53 bits per heavy atom. The molecule has 0 amide bonds. The normalized spacial score (nSPS) is 20.6. The summed E-state index contributed by atoms with van der Waals surface area (Å²) < 4.78 is 22.3. The van der Waals surface area contributed by atoms with E-state index in [1.807, 2.05) is 52.0 Å². The van der Waals surface area contributed by atoms with Gasteiger partial charge in [-0.25, -0.2) is 0 Å². The average Bonchev–Trinajstić information content (AvgIpc) is 2.56. The van der Waals surface area contributed by atoms with Gasteiger partial charge in [-0.3, -0.25) is 0 Å². The Kier molecular flexibility index (Phi) is 3.90. The van der Waals surface area contributed by atoms with Crippen molar-refractivity contribution in [3.05, 3.63) is 29.8 Å². The first-order chi connectivity index (χ1) is 8.84. The monoisotopic (exact) mass is 264 g/mol. The second-order valence-corrected chi connectivity index (χ2v) is 5.70. The van der Waals surface area contributed by atoms with E-state index in [1.54, 1.807) is 7.11 Å². The zero-order valence-corrected chi connectivity index (χ0v) is 12.2. The highest BCUT2D eigenvalue weighted by Gasteiger charge is 2.52. The van der Waals surface area contributed by atoms with Crippen LogP contribution in [-0.4, -0.2) is 25.6 Å². The minimum Gasteiger partial charge on any atom is -0.497 e. The molecule has 1 aromatic carbocycles. The van der Waals surface area contributed by atoms with Gasteiger partial charge in [-0.15, -0.1) is 0 Å². The molecule has 0 aliphatic carbocycles. The lowest BCUT2D eigenvalue weighted by atomic mass is 9.90. The van der Waals surface area contributed by atoms with Crippen LogP contribution in [0.5, 0.6) is 5.75 Å². The first kappa shape index (κ1) is 14.4. The van der Waals surface area contributed by atoms with Gasteiger partial charge in [0, 0.05) is 0 Å². The minimum absolute atomic E-state index is 0.364. The van der Waals surface area contributed by atoms with Crippen LogP contribution in [-0.2, 0) is 20.6 Å². The highest BCUT2D eigenvalue weighted by Crippen LogP contribution is 2.37. The maximum atomic E-state index is 5.76. The van der Waals surface area contributed by atoms with Crippen molar-refractivity contribution in [2.75, 3.05) is 7.11 Å². The molecular weight excluding hydrogens is 243 g/mol. The summed E-state index contributed by atoms with van der Waals surface area (Å²) in [6.07, 6.45) is 0. The van der Waals surface area contributed by atoms with Crippen molar-refractivity contribution in [2.24, 2.45) is 0 Å². The molecule has 104 valence electrons. The second-order valence-electron chi connectivity index (χ2n) is 5.70. The molecule has 1 aromatic rings. The van der Waals surface area contributed by atoms with E-state index in [-0.39, 0.29) is 11.2 Å². The third-order valence-corrected chi connectivity index (χ3v) is 3.78. The van der Waals surface area contributed by atoms with E-state index in [2.05, 4.69) is 0 Å². The molecule has 0 atom stereocenters. The molecule has 0 radical (unpaired) electrons. The molecule has 0 saturated carbocycles. The lowest BCUT2D eigenvalue weighted by Crippen LogP contribution is -2.41. The van der Waals surface area contributed by atoms with E-state index in [4.69, 9.17) is 18.7 Å². The van der Waals surface area contributed by atoms with Crippen molar-refractivity contribution >= 4 is 7.32 Å². The number of methoxy groups -OCH3 is 1. The number of hydrogen-bond donors (Lipinski definition) is 0. The fraction of sp³-hybridized carbons (Fsp3) is 0.571. The lowest BCUT2D eigenvalue weighted by molar-refractivity contribution is 0.00578. The quantitative estimate of drug-likeness (QED) is 0.783. The van der Waals surface area contributed by atoms with Crippen LogP contribution >= 0.6 is 0 Å². The van der Waals surface area contributed by atoms with Gasteiger partial charge in [0.1, 0.15) is 5.75 Å². The Bertz CT molecular complexity index is 412. The predicted octanol–water partition coefficient (Wildman–Crippen LogP) is 2.80. The summed E-state index contributed by atoms with van der Waals surface area (Å²) >= 11 is 0. The van der Waals surface area contributed by atoms with Crippen LogP contribution in [0.1, 0.15) is 33.3 Å². The first-order valence-corrected chi connectivity index (χ1v) is 6.44. The van der Waals surface area contributed by atoms with Crippen LogP contribution < -0.4 is 4.74 Å². The molecule has 19 heavy (non-hydrogen) atoms. The molecule has 0 bridgehead atoms. The molecule has 1 saturated heterocycles. The van der Waals surface area contributed by atoms with Crippen LogP contribution in [0.4, 0.5) is 0 Å². The Morgan fingerprint density at radius 3 is 2.00 bits per heavy atom. The van der Waals surface area contributed by atoms with Gasteiger partial charge in [0.05, 0.1) is 24.9 Å². The highest BCUT2D eigenvalue weighted by molar-refractivity contribution is 6.37. The Labute approximate surface area is 115 Å². The lowest BCUT2D eigenvalue weighted by Gasteiger charge is -2.31. The van der Waals surface area contributed by atoms with Gasteiger partial charge >= 0.3 is 7.32 Å².